The van der Waals surface area contributed by atoms with E-state index >= 15 is 0 Å². The van der Waals surface area contributed by atoms with Gasteiger partial charge in [0.2, 0.25) is 0 Å². The Bertz CT molecular complexity index is 311. The van der Waals surface area contributed by atoms with Crippen LogP contribution in [0, 0.1) is 3.77 Å². The van der Waals surface area contributed by atoms with Crippen molar-refractivity contribution in [2.24, 2.45) is 5.73 Å². The van der Waals surface area contributed by atoms with Gasteiger partial charge < -0.3 is 14.9 Å². The maximum Gasteiger partial charge on any atom is 0.323 e. The average molecular weight is 309 g/mol. The Morgan fingerprint density at radius 2 is 2.43 bits per heavy atom. The second kappa shape index (κ2) is 5.35. The van der Waals surface area contributed by atoms with Gasteiger partial charge in [0.15, 0.2) is 3.77 Å². The molecule has 1 heterocycles. The molecule has 0 saturated carbocycles. The minimum absolute atomic E-state index is 0.349. The molecule has 0 spiro atoms. The first-order valence-electron chi connectivity index (χ1n) is 4.30. The van der Waals surface area contributed by atoms with Gasteiger partial charge in [-0.25, -0.2) is 0 Å². The first kappa shape index (κ1) is 11.5. The Morgan fingerprint density at radius 3 is 2.93 bits per heavy atom. The zero-order valence-electron chi connectivity index (χ0n) is 7.83. The van der Waals surface area contributed by atoms with Crippen molar-refractivity contribution in [2.45, 2.75) is 19.4 Å². The SMILES string of the molecule is CCOC(=O)C(N)Cc1ccc(I)o1. The van der Waals surface area contributed by atoms with Crippen molar-refractivity contribution >= 4 is 28.6 Å². The quantitative estimate of drug-likeness (QED) is 0.673. The van der Waals surface area contributed by atoms with Crippen molar-refractivity contribution in [1.82, 2.24) is 0 Å². The Morgan fingerprint density at radius 1 is 1.71 bits per heavy atom. The molecule has 78 valence electrons. The zero-order valence-corrected chi connectivity index (χ0v) is 9.98. The van der Waals surface area contributed by atoms with Crippen LogP contribution in [0.3, 0.4) is 0 Å². The van der Waals surface area contributed by atoms with Crippen LogP contribution in [-0.4, -0.2) is 18.6 Å². The van der Waals surface area contributed by atoms with Crippen molar-refractivity contribution in [3.8, 4) is 0 Å². The van der Waals surface area contributed by atoms with Gasteiger partial charge in [-0.2, -0.15) is 0 Å². The molecule has 1 rings (SSSR count). The van der Waals surface area contributed by atoms with Crippen LogP contribution in [0.4, 0.5) is 0 Å². The molecule has 4 nitrogen and oxygen atoms in total. The lowest BCUT2D eigenvalue weighted by Gasteiger charge is -2.08. The summed E-state index contributed by atoms with van der Waals surface area (Å²) in [6.07, 6.45) is 0.377. The van der Waals surface area contributed by atoms with E-state index in [-0.39, 0.29) is 5.97 Å². The molecule has 0 fully saturated rings. The summed E-state index contributed by atoms with van der Waals surface area (Å²) in [5, 5.41) is 0. The van der Waals surface area contributed by atoms with E-state index in [2.05, 4.69) is 22.6 Å². The molecule has 0 saturated heterocycles. The number of nitrogens with two attached hydrogens (primary N) is 1. The highest BCUT2D eigenvalue weighted by Gasteiger charge is 2.16. The predicted molar refractivity (Wildman–Crippen MR) is 59.7 cm³/mol. The molecule has 0 amide bonds. The number of esters is 1. The molecule has 1 aromatic heterocycles. The molecule has 0 aromatic carbocycles. The van der Waals surface area contributed by atoms with Crippen molar-refractivity contribution < 1.29 is 13.9 Å². The lowest BCUT2D eigenvalue weighted by Crippen LogP contribution is -2.34. The number of halogens is 1. The van der Waals surface area contributed by atoms with E-state index in [1.54, 1.807) is 13.0 Å². The molecule has 5 heteroatoms. The third-order valence-electron chi connectivity index (χ3n) is 1.64. The Labute approximate surface area is 95.9 Å². The van der Waals surface area contributed by atoms with Crippen LogP contribution in [0.2, 0.25) is 0 Å². The molecule has 0 aliphatic rings. The number of ether oxygens (including phenoxy) is 1. The number of hydrogen-bond acceptors (Lipinski definition) is 4. The van der Waals surface area contributed by atoms with Gasteiger partial charge in [-0.05, 0) is 41.6 Å². The minimum Gasteiger partial charge on any atom is -0.465 e. The molecule has 14 heavy (non-hydrogen) atoms. The van der Waals surface area contributed by atoms with Crippen molar-refractivity contribution in [2.75, 3.05) is 6.61 Å². The Balaban J connectivity index is 2.48. The van der Waals surface area contributed by atoms with E-state index < -0.39 is 6.04 Å². The monoisotopic (exact) mass is 309 g/mol. The smallest absolute Gasteiger partial charge is 0.323 e. The topological polar surface area (TPSA) is 65.5 Å². The van der Waals surface area contributed by atoms with E-state index in [9.17, 15) is 4.79 Å². The fourth-order valence-corrected chi connectivity index (χ4v) is 1.47. The van der Waals surface area contributed by atoms with E-state index in [0.717, 1.165) is 3.77 Å². The highest BCUT2D eigenvalue weighted by Crippen LogP contribution is 2.11. The van der Waals surface area contributed by atoms with E-state index in [1.807, 2.05) is 6.07 Å². The van der Waals surface area contributed by atoms with Crippen LogP contribution in [0.5, 0.6) is 0 Å². The molecule has 0 bridgehead atoms. The van der Waals surface area contributed by atoms with E-state index in [0.29, 0.717) is 18.8 Å². The maximum atomic E-state index is 11.2. The molecule has 0 radical (unpaired) electrons. The first-order valence-corrected chi connectivity index (χ1v) is 5.37. The maximum absolute atomic E-state index is 11.2. The van der Waals surface area contributed by atoms with Crippen LogP contribution < -0.4 is 5.73 Å². The second-order valence-electron chi connectivity index (χ2n) is 2.77. The fourth-order valence-electron chi connectivity index (χ4n) is 1.01. The molecule has 1 atom stereocenters. The fraction of sp³-hybridized carbons (Fsp3) is 0.444. The normalized spacial score (nSPS) is 12.5. The van der Waals surface area contributed by atoms with Crippen molar-refractivity contribution in [3.05, 3.63) is 21.7 Å². The summed E-state index contributed by atoms with van der Waals surface area (Å²) in [6.45, 7) is 2.10. The lowest BCUT2D eigenvalue weighted by atomic mass is 10.2. The second-order valence-corrected chi connectivity index (χ2v) is 3.83. The standard InChI is InChI=1S/C9H12INO3/c1-2-13-9(12)7(11)5-6-3-4-8(10)14-6/h3-4,7H,2,5,11H2,1H3. The number of carbonyl (C=O) groups excluding carboxylic acids is 1. The van der Waals surface area contributed by atoms with Crippen LogP contribution in [0.1, 0.15) is 12.7 Å². The van der Waals surface area contributed by atoms with Gasteiger partial charge in [-0.3, -0.25) is 4.79 Å². The van der Waals surface area contributed by atoms with Gasteiger partial charge in [-0.1, -0.05) is 0 Å². The van der Waals surface area contributed by atoms with E-state index in [1.165, 1.54) is 0 Å². The van der Waals surface area contributed by atoms with Crippen LogP contribution in [-0.2, 0) is 16.0 Å². The number of rotatable bonds is 4. The summed E-state index contributed by atoms with van der Waals surface area (Å²) in [5.41, 5.74) is 5.61. The molecule has 2 N–H and O–H groups in total. The van der Waals surface area contributed by atoms with Gasteiger partial charge >= 0.3 is 5.97 Å². The van der Waals surface area contributed by atoms with Crippen molar-refractivity contribution in [1.29, 1.82) is 0 Å². The third kappa shape index (κ3) is 3.30. The zero-order chi connectivity index (χ0) is 10.6. The summed E-state index contributed by atoms with van der Waals surface area (Å²) in [4.78, 5) is 11.2. The van der Waals surface area contributed by atoms with Crippen LogP contribution in [0.15, 0.2) is 16.5 Å². The summed E-state index contributed by atoms with van der Waals surface area (Å²) in [7, 11) is 0. The van der Waals surface area contributed by atoms with Gasteiger partial charge in [0.1, 0.15) is 11.8 Å². The van der Waals surface area contributed by atoms with Crippen LogP contribution in [0.25, 0.3) is 0 Å². The first-order chi connectivity index (χ1) is 6.63. The Kier molecular flexibility index (Phi) is 4.40. The van der Waals surface area contributed by atoms with Crippen LogP contribution >= 0.6 is 22.6 Å². The minimum atomic E-state index is -0.642. The summed E-state index contributed by atoms with van der Waals surface area (Å²) in [6, 6.07) is 2.99. The Hall–Kier alpha value is -0.560. The van der Waals surface area contributed by atoms with Crippen molar-refractivity contribution in [3.63, 3.8) is 0 Å². The molecular weight excluding hydrogens is 297 g/mol. The number of hydrogen-bond donors (Lipinski definition) is 1. The number of furan rings is 1. The van der Waals surface area contributed by atoms with E-state index in [4.69, 9.17) is 14.9 Å². The predicted octanol–water partition coefficient (Wildman–Crippen LogP) is 1.32. The summed E-state index contributed by atoms with van der Waals surface area (Å²) in [5.74, 6) is 0.314. The molecule has 1 aromatic rings. The highest BCUT2D eigenvalue weighted by atomic mass is 127. The largest absolute Gasteiger partial charge is 0.465 e. The lowest BCUT2D eigenvalue weighted by molar-refractivity contribution is -0.144. The summed E-state index contributed by atoms with van der Waals surface area (Å²) >= 11 is 2.06. The summed E-state index contributed by atoms with van der Waals surface area (Å²) < 4.78 is 10.8. The van der Waals surface area contributed by atoms with Gasteiger partial charge in [0.25, 0.3) is 0 Å². The highest BCUT2D eigenvalue weighted by molar-refractivity contribution is 14.1. The average Bonchev–Trinajstić information content (AvgIpc) is 2.51. The molecular formula is C9H12INO3. The van der Waals surface area contributed by atoms with Gasteiger partial charge in [0, 0.05) is 6.42 Å². The molecule has 0 aliphatic carbocycles. The van der Waals surface area contributed by atoms with Gasteiger partial charge in [0.05, 0.1) is 6.61 Å². The third-order valence-corrected chi connectivity index (χ3v) is 2.22. The molecule has 1 unspecified atom stereocenters. The van der Waals surface area contributed by atoms with Gasteiger partial charge in [-0.15, -0.1) is 0 Å². The molecule has 0 aliphatic heterocycles. The number of carbonyl (C=O) groups is 1.